The minimum atomic E-state index is -3.31. The third-order valence-electron chi connectivity index (χ3n) is 5.01. The molecule has 28 heavy (non-hydrogen) atoms. The Morgan fingerprint density at radius 3 is 2.86 bits per heavy atom. The van der Waals surface area contributed by atoms with Crippen molar-refractivity contribution >= 4 is 10.0 Å². The zero-order valence-corrected chi connectivity index (χ0v) is 16.5. The summed E-state index contributed by atoms with van der Waals surface area (Å²) in [6.45, 7) is 2.53. The number of hydrogen-bond donors (Lipinski definition) is 1. The fourth-order valence-electron chi connectivity index (χ4n) is 3.30. The number of nitrogens with zero attached hydrogens (tertiary/aromatic N) is 2. The highest BCUT2D eigenvalue weighted by Crippen LogP contribution is 2.29. The van der Waals surface area contributed by atoms with E-state index in [9.17, 15) is 12.8 Å². The summed E-state index contributed by atoms with van der Waals surface area (Å²) in [4.78, 5) is 0. The van der Waals surface area contributed by atoms with Crippen molar-refractivity contribution in [3.63, 3.8) is 0 Å². The maximum Gasteiger partial charge on any atom is 0.214 e. The first-order chi connectivity index (χ1) is 13.4. The van der Waals surface area contributed by atoms with Crippen LogP contribution in [0.5, 0.6) is 5.75 Å². The molecule has 7 nitrogen and oxygen atoms in total. The molecule has 1 aromatic heterocycles. The van der Waals surface area contributed by atoms with Gasteiger partial charge in [-0.1, -0.05) is 0 Å². The van der Waals surface area contributed by atoms with Gasteiger partial charge in [-0.25, -0.2) is 22.2 Å². The van der Waals surface area contributed by atoms with E-state index in [0.29, 0.717) is 31.6 Å². The Balaban J connectivity index is 1.41. The average molecular weight is 409 g/mol. The Labute approximate surface area is 163 Å². The normalized spacial score (nSPS) is 22.9. The van der Waals surface area contributed by atoms with Gasteiger partial charge in [-0.3, -0.25) is 0 Å². The number of aromatic nitrogens is 2. The Morgan fingerprint density at radius 2 is 2.18 bits per heavy atom. The summed E-state index contributed by atoms with van der Waals surface area (Å²) < 4.78 is 54.6. The zero-order chi connectivity index (χ0) is 19.7. The molecule has 1 saturated carbocycles. The molecule has 4 rings (SSSR count). The third-order valence-corrected chi connectivity index (χ3v) is 6.99. The van der Waals surface area contributed by atoms with Crippen LogP contribution in [0.15, 0.2) is 30.6 Å². The third kappa shape index (κ3) is 4.37. The van der Waals surface area contributed by atoms with E-state index in [1.807, 2.05) is 13.1 Å². The van der Waals surface area contributed by atoms with E-state index >= 15 is 0 Å². The van der Waals surface area contributed by atoms with Gasteiger partial charge in [-0.15, -0.1) is 0 Å². The number of hydrogen-bond acceptors (Lipinski definition) is 5. The van der Waals surface area contributed by atoms with Crippen molar-refractivity contribution in [1.82, 2.24) is 14.5 Å². The second-order valence-electron chi connectivity index (χ2n) is 7.41. The standard InChI is InChI=1S/C19H24FN3O4S/c1-13-10-21-23(11-13)14-4-7-18(16(20)9-14)27-12-19-17(3-2-8-26-19)22-28(24,25)15-5-6-15/h4,7,9-11,15,17,19,22H,2-3,5-6,8,12H2,1H3. The van der Waals surface area contributed by atoms with Crippen molar-refractivity contribution in [3.8, 4) is 11.4 Å². The molecule has 1 aliphatic heterocycles. The molecule has 1 saturated heterocycles. The summed E-state index contributed by atoms with van der Waals surface area (Å²) in [6.07, 6.45) is 5.93. The lowest BCUT2D eigenvalue weighted by Crippen LogP contribution is -2.50. The molecule has 2 atom stereocenters. The topological polar surface area (TPSA) is 82.4 Å². The molecule has 0 bridgehead atoms. The highest BCUT2D eigenvalue weighted by Gasteiger charge is 2.39. The zero-order valence-electron chi connectivity index (χ0n) is 15.7. The van der Waals surface area contributed by atoms with Gasteiger partial charge in [0.25, 0.3) is 0 Å². The molecular formula is C19H24FN3O4S. The fourth-order valence-corrected chi connectivity index (χ4v) is 4.94. The van der Waals surface area contributed by atoms with Gasteiger partial charge in [0, 0.05) is 18.9 Å². The smallest absolute Gasteiger partial charge is 0.214 e. The first-order valence-electron chi connectivity index (χ1n) is 9.49. The first kappa shape index (κ1) is 19.4. The predicted octanol–water partition coefficient (Wildman–Crippen LogP) is 2.33. The van der Waals surface area contributed by atoms with Gasteiger partial charge >= 0.3 is 0 Å². The van der Waals surface area contributed by atoms with Crippen LogP contribution in [0, 0.1) is 12.7 Å². The van der Waals surface area contributed by atoms with E-state index < -0.39 is 21.9 Å². The molecule has 0 amide bonds. The van der Waals surface area contributed by atoms with E-state index in [-0.39, 0.29) is 23.6 Å². The molecule has 0 radical (unpaired) electrons. The molecular weight excluding hydrogens is 385 g/mol. The summed E-state index contributed by atoms with van der Waals surface area (Å²) in [7, 11) is -3.31. The van der Waals surface area contributed by atoms with Gasteiger partial charge in [0.15, 0.2) is 11.6 Å². The largest absolute Gasteiger partial charge is 0.488 e. The molecule has 2 aromatic rings. The van der Waals surface area contributed by atoms with Crippen LogP contribution in [0.1, 0.15) is 31.2 Å². The summed E-state index contributed by atoms with van der Waals surface area (Å²) >= 11 is 0. The van der Waals surface area contributed by atoms with Crippen molar-refractivity contribution in [3.05, 3.63) is 42.0 Å². The van der Waals surface area contributed by atoms with Crippen LogP contribution in [0.3, 0.4) is 0 Å². The molecule has 2 fully saturated rings. The lowest BCUT2D eigenvalue weighted by atomic mass is 10.0. The maximum atomic E-state index is 14.5. The van der Waals surface area contributed by atoms with E-state index in [1.165, 1.54) is 6.07 Å². The number of halogens is 1. The number of benzene rings is 1. The van der Waals surface area contributed by atoms with Crippen LogP contribution in [0.25, 0.3) is 5.69 Å². The summed E-state index contributed by atoms with van der Waals surface area (Å²) in [5.41, 5.74) is 1.58. The number of sulfonamides is 1. The van der Waals surface area contributed by atoms with Crippen molar-refractivity contribution in [2.24, 2.45) is 0 Å². The Kier molecular flexibility index (Phi) is 5.39. The number of aryl methyl sites for hydroxylation is 1. The van der Waals surface area contributed by atoms with Gasteiger partial charge in [-0.2, -0.15) is 5.10 Å². The second-order valence-corrected chi connectivity index (χ2v) is 9.40. The lowest BCUT2D eigenvalue weighted by molar-refractivity contribution is -0.0285. The molecule has 0 spiro atoms. The van der Waals surface area contributed by atoms with Crippen LogP contribution in [-0.2, 0) is 14.8 Å². The molecule has 2 unspecified atom stereocenters. The highest BCUT2D eigenvalue weighted by molar-refractivity contribution is 7.90. The van der Waals surface area contributed by atoms with Gasteiger partial charge in [0.05, 0.1) is 23.2 Å². The second kappa shape index (κ2) is 7.81. The SMILES string of the molecule is Cc1cnn(-c2ccc(OCC3OCCCC3NS(=O)(=O)C3CC3)c(F)c2)c1. The van der Waals surface area contributed by atoms with Crippen LogP contribution < -0.4 is 9.46 Å². The van der Waals surface area contributed by atoms with Crippen LogP contribution >= 0.6 is 0 Å². The molecule has 2 heterocycles. The molecule has 9 heteroatoms. The van der Waals surface area contributed by atoms with Gasteiger partial charge in [0.2, 0.25) is 10.0 Å². The van der Waals surface area contributed by atoms with E-state index in [4.69, 9.17) is 9.47 Å². The average Bonchev–Trinajstić information content (AvgIpc) is 3.44. The molecule has 1 aromatic carbocycles. The van der Waals surface area contributed by atoms with Crippen LogP contribution in [-0.4, -0.2) is 48.8 Å². The van der Waals surface area contributed by atoms with Crippen LogP contribution in [0.2, 0.25) is 0 Å². The summed E-state index contributed by atoms with van der Waals surface area (Å²) in [5, 5.41) is 3.88. The number of nitrogens with one attached hydrogen (secondary N) is 1. The highest BCUT2D eigenvalue weighted by atomic mass is 32.2. The fraction of sp³-hybridized carbons (Fsp3) is 0.526. The minimum absolute atomic E-state index is 0.0784. The predicted molar refractivity (Wildman–Crippen MR) is 102 cm³/mol. The lowest BCUT2D eigenvalue weighted by Gasteiger charge is -2.32. The summed E-state index contributed by atoms with van der Waals surface area (Å²) in [5.74, 6) is -0.401. The van der Waals surface area contributed by atoms with Gasteiger partial charge in [0.1, 0.15) is 12.7 Å². The molecule has 1 aliphatic carbocycles. The van der Waals surface area contributed by atoms with Crippen molar-refractivity contribution in [2.45, 2.75) is 50.0 Å². The number of rotatable bonds is 7. The van der Waals surface area contributed by atoms with Crippen molar-refractivity contribution in [2.75, 3.05) is 13.2 Å². The maximum absolute atomic E-state index is 14.5. The Bertz CT molecular complexity index is 942. The van der Waals surface area contributed by atoms with Crippen molar-refractivity contribution < 1.29 is 22.3 Å². The minimum Gasteiger partial charge on any atom is -0.488 e. The monoisotopic (exact) mass is 409 g/mol. The quantitative estimate of drug-likeness (QED) is 0.759. The molecule has 1 N–H and O–H groups in total. The number of ether oxygens (including phenoxy) is 2. The first-order valence-corrected chi connectivity index (χ1v) is 11.0. The van der Waals surface area contributed by atoms with E-state index in [2.05, 4.69) is 9.82 Å². The molecule has 152 valence electrons. The summed E-state index contributed by atoms with van der Waals surface area (Å²) in [6, 6.07) is 4.28. The Hall–Kier alpha value is -1.97. The molecule has 2 aliphatic rings. The van der Waals surface area contributed by atoms with E-state index in [0.717, 1.165) is 12.0 Å². The Morgan fingerprint density at radius 1 is 1.36 bits per heavy atom. The van der Waals surface area contributed by atoms with Crippen molar-refractivity contribution in [1.29, 1.82) is 0 Å². The van der Waals surface area contributed by atoms with Crippen LogP contribution in [0.4, 0.5) is 4.39 Å². The van der Waals surface area contributed by atoms with Gasteiger partial charge < -0.3 is 9.47 Å². The van der Waals surface area contributed by atoms with E-state index in [1.54, 1.807) is 23.0 Å². The van der Waals surface area contributed by atoms with Gasteiger partial charge in [-0.05, 0) is 50.3 Å².